The van der Waals surface area contributed by atoms with Crippen LogP contribution in [0, 0.1) is 0 Å². The second-order valence-corrected chi connectivity index (χ2v) is 6.13. The monoisotopic (exact) mass is 361 g/mol. The van der Waals surface area contributed by atoms with Gasteiger partial charge < -0.3 is 15.1 Å². The zero-order valence-electron chi connectivity index (χ0n) is 14.7. The maximum atomic E-state index is 12.5. The van der Waals surface area contributed by atoms with Crippen molar-refractivity contribution in [1.82, 2.24) is 25.1 Å². The average Bonchev–Trinajstić information content (AvgIpc) is 2.75. The molecule has 0 aliphatic carbocycles. The Labute approximate surface area is 156 Å². The van der Waals surface area contributed by atoms with Crippen LogP contribution < -0.4 is 10.2 Å². The highest BCUT2D eigenvalue weighted by Gasteiger charge is 2.23. The first-order chi connectivity index (χ1) is 13.3. The van der Waals surface area contributed by atoms with E-state index in [1.54, 1.807) is 30.7 Å². The quantitative estimate of drug-likeness (QED) is 0.760. The molecule has 1 aliphatic rings. The molecule has 0 aromatic carbocycles. The van der Waals surface area contributed by atoms with Crippen LogP contribution in [0.15, 0.2) is 61.1 Å². The first-order valence-corrected chi connectivity index (χ1v) is 8.76. The summed E-state index contributed by atoms with van der Waals surface area (Å²) in [7, 11) is 0. The third-order valence-electron chi connectivity index (χ3n) is 4.38. The van der Waals surface area contributed by atoms with Crippen LogP contribution in [-0.2, 0) is 0 Å². The fourth-order valence-electron chi connectivity index (χ4n) is 2.93. The van der Waals surface area contributed by atoms with E-state index in [-0.39, 0.29) is 5.91 Å². The topological polar surface area (TPSA) is 87.1 Å². The van der Waals surface area contributed by atoms with Crippen molar-refractivity contribution >= 4 is 23.2 Å². The third-order valence-corrected chi connectivity index (χ3v) is 4.38. The average molecular weight is 361 g/mol. The number of anilines is 3. The molecule has 4 heterocycles. The molecule has 0 radical (unpaired) electrons. The van der Waals surface area contributed by atoms with Crippen molar-refractivity contribution in [2.45, 2.75) is 0 Å². The molecule has 8 heteroatoms. The number of piperazine rings is 1. The highest BCUT2D eigenvalue weighted by molar-refractivity contribution is 5.92. The SMILES string of the molecule is O=C(c1ccccn1)N1CCN(c2ccc(Nc3ccncc3)nn2)CC1. The van der Waals surface area contributed by atoms with Gasteiger partial charge in [-0.2, -0.15) is 0 Å². The number of hydrogen-bond acceptors (Lipinski definition) is 7. The maximum absolute atomic E-state index is 12.5. The van der Waals surface area contributed by atoms with Crippen LogP contribution in [0.4, 0.5) is 17.3 Å². The first-order valence-electron chi connectivity index (χ1n) is 8.76. The number of nitrogens with one attached hydrogen (secondary N) is 1. The van der Waals surface area contributed by atoms with Gasteiger partial charge in [-0.05, 0) is 36.4 Å². The van der Waals surface area contributed by atoms with Crippen LogP contribution in [0.1, 0.15) is 10.5 Å². The number of nitrogens with zero attached hydrogens (tertiary/aromatic N) is 6. The van der Waals surface area contributed by atoms with Gasteiger partial charge in [0.05, 0.1) is 0 Å². The largest absolute Gasteiger partial charge is 0.352 e. The molecule has 1 amide bonds. The summed E-state index contributed by atoms with van der Waals surface area (Å²) >= 11 is 0. The van der Waals surface area contributed by atoms with Gasteiger partial charge in [-0.3, -0.25) is 14.8 Å². The molecule has 3 aromatic heterocycles. The van der Waals surface area contributed by atoms with Crippen molar-refractivity contribution < 1.29 is 4.79 Å². The minimum atomic E-state index is -0.0294. The molecule has 8 nitrogen and oxygen atoms in total. The van der Waals surface area contributed by atoms with Crippen molar-refractivity contribution in [2.24, 2.45) is 0 Å². The van der Waals surface area contributed by atoms with E-state index in [9.17, 15) is 4.79 Å². The molecule has 1 fully saturated rings. The number of aromatic nitrogens is 4. The Bertz CT molecular complexity index is 879. The van der Waals surface area contributed by atoms with Crippen LogP contribution >= 0.6 is 0 Å². The van der Waals surface area contributed by atoms with Gasteiger partial charge in [0.15, 0.2) is 11.6 Å². The van der Waals surface area contributed by atoms with Crippen molar-refractivity contribution in [3.63, 3.8) is 0 Å². The molecule has 0 unspecified atom stereocenters. The third kappa shape index (κ3) is 4.00. The number of carbonyl (C=O) groups is 1. The van der Waals surface area contributed by atoms with E-state index in [2.05, 4.69) is 30.4 Å². The molecular formula is C19H19N7O. The van der Waals surface area contributed by atoms with Gasteiger partial charge in [0.25, 0.3) is 5.91 Å². The van der Waals surface area contributed by atoms with E-state index in [1.807, 2.05) is 35.2 Å². The van der Waals surface area contributed by atoms with Crippen molar-refractivity contribution in [3.8, 4) is 0 Å². The molecule has 27 heavy (non-hydrogen) atoms. The second kappa shape index (κ2) is 7.77. The molecule has 0 atom stereocenters. The highest BCUT2D eigenvalue weighted by Crippen LogP contribution is 2.17. The minimum Gasteiger partial charge on any atom is -0.352 e. The van der Waals surface area contributed by atoms with E-state index >= 15 is 0 Å². The van der Waals surface area contributed by atoms with Crippen molar-refractivity contribution in [3.05, 3.63) is 66.7 Å². The fourth-order valence-corrected chi connectivity index (χ4v) is 2.93. The molecule has 136 valence electrons. The molecule has 0 bridgehead atoms. The van der Waals surface area contributed by atoms with E-state index < -0.39 is 0 Å². The van der Waals surface area contributed by atoms with Gasteiger partial charge in [-0.15, -0.1) is 10.2 Å². The van der Waals surface area contributed by atoms with E-state index in [0.29, 0.717) is 37.7 Å². The van der Waals surface area contributed by atoms with E-state index in [1.165, 1.54) is 0 Å². The summed E-state index contributed by atoms with van der Waals surface area (Å²) < 4.78 is 0. The fraction of sp³-hybridized carbons (Fsp3) is 0.211. The first kappa shape index (κ1) is 16.9. The predicted octanol–water partition coefficient (Wildman–Crippen LogP) is 1.97. The number of amides is 1. The molecule has 1 aliphatic heterocycles. The summed E-state index contributed by atoms with van der Waals surface area (Å²) in [4.78, 5) is 24.5. The van der Waals surface area contributed by atoms with Gasteiger partial charge in [0, 0.05) is 50.5 Å². The lowest BCUT2D eigenvalue weighted by molar-refractivity contribution is 0.0740. The lowest BCUT2D eigenvalue weighted by atomic mass is 10.2. The van der Waals surface area contributed by atoms with Crippen LogP contribution in [0.3, 0.4) is 0 Å². The Hall–Kier alpha value is -3.55. The van der Waals surface area contributed by atoms with Crippen LogP contribution in [0.5, 0.6) is 0 Å². The Kier molecular flexibility index (Phi) is 4.86. The Balaban J connectivity index is 1.35. The zero-order chi connectivity index (χ0) is 18.5. The smallest absolute Gasteiger partial charge is 0.272 e. The predicted molar refractivity (Wildman–Crippen MR) is 102 cm³/mol. The van der Waals surface area contributed by atoms with Crippen molar-refractivity contribution in [1.29, 1.82) is 0 Å². The highest BCUT2D eigenvalue weighted by atomic mass is 16.2. The Morgan fingerprint density at radius 2 is 1.70 bits per heavy atom. The van der Waals surface area contributed by atoms with Gasteiger partial charge in [-0.1, -0.05) is 6.07 Å². The van der Waals surface area contributed by atoms with Crippen LogP contribution in [0.25, 0.3) is 0 Å². The van der Waals surface area contributed by atoms with E-state index in [0.717, 1.165) is 11.5 Å². The Morgan fingerprint density at radius 1 is 0.889 bits per heavy atom. The van der Waals surface area contributed by atoms with Crippen molar-refractivity contribution in [2.75, 3.05) is 36.4 Å². The van der Waals surface area contributed by atoms with Crippen LogP contribution in [-0.4, -0.2) is 57.2 Å². The zero-order valence-corrected chi connectivity index (χ0v) is 14.7. The summed E-state index contributed by atoms with van der Waals surface area (Å²) in [6, 6.07) is 12.9. The van der Waals surface area contributed by atoms with Gasteiger partial charge in [-0.25, -0.2) is 0 Å². The lowest BCUT2D eigenvalue weighted by Crippen LogP contribution is -2.49. The van der Waals surface area contributed by atoms with Gasteiger partial charge in [0.1, 0.15) is 5.69 Å². The number of carbonyl (C=O) groups excluding carboxylic acids is 1. The standard InChI is InChI=1S/C19H19N7O/c27-19(16-3-1-2-8-21-16)26-13-11-25(12-14-26)18-5-4-17(23-24-18)22-15-6-9-20-10-7-15/h1-10H,11-14H2,(H,20,22,23). The van der Waals surface area contributed by atoms with E-state index in [4.69, 9.17) is 0 Å². The summed E-state index contributed by atoms with van der Waals surface area (Å²) in [5, 5.41) is 11.7. The molecular weight excluding hydrogens is 342 g/mol. The normalized spacial score (nSPS) is 14.1. The number of rotatable bonds is 4. The number of pyridine rings is 2. The maximum Gasteiger partial charge on any atom is 0.272 e. The molecule has 1 N–H and O–H groups in total. The Morgan fingerprint density at radius 3 is 2.37 bits per heavy atom. The minimum absolute atomic E-state index is 0.0294. The van der Waals surface area contributed by atoms with Gasteiger partial charge in [0.2, 0.25) is 0 Å². The summed E-state index contributed by atoms with van der Waals surface area (Å²) in [6.45, 7) is 2.69. The van der Waals surface area contributed by atoms with Gasteiger partial charge >= 0.3 is 0 Å². The molecule has 0 spiro atoms. The van der Waals surface area contributed by atoms with Crippen LogP contribution in [0.2, 0.25) is 0 Å². The molecule has 4 rings (SSSR count). The molecule has 0 saturated carbocycles. The lowest BCUT2D eigenvalue weighted by Gasteiger charge is -2.35. The summed E-state index contributed by atoms with van der Waals surface area (Å²) in [5.41, 5.74) is 1.39. The number of hydrogen-bond donors (Lipinski definition) is 1. The second-order valence-electron chi connectivity index (χ2n) is 6.13. The summed E-state index contributed by atoms with van der Waals surface area (Å²) in [5.74, 6) is 1.45. The summed E-state index contributed by atoms with van der Waals surface area (Å²) in [6.07, 6.45) is 5.08. The molecule has 3 aromatic rings. The molecule has 1 saturated heterocycles.